The summed E-state index contributed by atoms with van der Waals surface area (Å²) in [6.07, 6.45) is 17.3. The van der Waals surface area contributed by atoms with Crippen LogP contribution in [-0.4, -0.2) is 272 Å². The van der Waals surface area contributed by atoms with Gasteiger partial charge in [-0.05, 0) is 140 Å². The van der Waals surface area contributed by atoms with Crippen LogP contribution < -0.4 is 0 Å². The molecule has 8 aliphatic heterocycles. The number of fused-ring (bicyclic) bond motifs is 1. The Kier molecular flexibility index (Phi) is 55.5. The van der Waals surface area contributed by atoms with Gasteiger partial charge < -0.3 is 90.0 Å². The van der Waals surface area contributed by atoms with Crippen molar-refractivity contribution in [2.75, 3.05) is 222 Å². The summed E-state index contributed by atoms with van der Waals surface area (Å²) < 4.78 is 119. The summed E-state index contributed by atoms with van der Waals surface area (Å²) in [6.45, 7) is 35.9. The summed E-state index contributed by atoms with van der Waals surface area (Å²) in [5.41, 5.74) is 0.711. The second kappa shape index (κ2) is 56.0. The second-order valence-corrected chi connectivity index (χ2v) is 29.7. The van der Waals surface area contributed by atoms with Crippen molar-refractivity contribution in [3.05, 3.63) is 0 Å². The molecular formula is C70H142O21S. The zero-order valence-electron chi connectivity index (χ0n) is 62.2. The van der Waals surface area contributed by atoms with Gasteiger partial charge in [-0.15, -0.1) is 0 Å². The fourth-order valence-corrected chi connectivity index (χ4v) is 13.3. The number of hydrogen-bond acceptors (Lipinski definition) is 21. The Bertz CT molecular complexity index is 1640. The zero-order chi connectivity index (χ0) is 69.1. The van der Waals surface area contributed by atoms with Crippen LogP contribution in [0.4, 0.5) is 0 Å². The molecule has 0 amide bonds. The Hall–Kier alpha value is -0.810. The van der Waals surface area contributed by atoms with Gasteiger partial charge in [0.05, 0.1) is 140 Å². The minimum absolute atomic E-state index is 0.0798. The molecule has 1 aliphatic carbocycles. The van der Waals surface area contributed by atoms with Crippen LogP contribution in [0.15, 0.2) is 0 Å². The standard InChI is InChI=1S/C11H20O2.2C8H16O2.3C7H14O2.C6H12O3S.C6H14O2.C5H10O2.C5H12O2/c1-11(2)7-8-5-4-6-9(12-3)10(8)13-11;1-8(2)6-10-5-7(8)4-9-3;1-8(2)4-5-10-7(8)6-9-3;1-8-6-7-2-4-9-5-3-7;1-8-5-7-3-2-4-9-6-7;1-8-6-7-4-2-3-5-9-7;1-9-4-6-2-3-10(7,8)5-6;1-4-8-5-6(2)7-3;1-6-2-5-3-7-4-5;1-5(7-3)4-6-2/h8-10H,4-7H2,1-3H3;2*7H,4-6H2,1-3H3;3*7H,2-6H2,1H3;6H,2-5H2,1H3;6H,4-5H2,1-3H3;5H,2-4H2,1H3;5H,4H2,1-3H3. The smallest absolute Gasteiger partial charge is 0.150 e. The van der Waals surface area contributed by atoms with Gasteiger partial charge in [0.15, 0.2) is 9.84 Å². The first-order chi connectivity index (χ1) is 43.9. The van der Waals surface area contributed by atoms with Gasteiger partial charge in [0.25, 0.3) is 0 Å². The molecule has 554 valence electrons. The van der Waals surface area contributed by atoms with Gasteiger partial charge in [0.1, 0.15) is 0 Å². The molecule has 1 saturated carbocycles. The van der Waals surface area contributed by atoms with E-state index in [0.29, 0.717) is 84.3 Å². The average molecular weight is 1350 g/mol. The predicted molar refractivity (Wildman–Crippen MR) is 364 cm³/mol. The number of rotatable bonds is 22. The largest absolute Gasteiger partial charge is 0.384 e. The summed E-state index contributed by atoms with van der Waals surface area (Å²) in [6, 6.07) is 0. The first-order valence-electron chi connectivity index (χ1n) is 34.4. The fourth-order valence-electron chi connectivity index (χ4n) is 11.4. The molecule has 0 bridgehead atoms. The summed E-state index contributed by atoms with van der Waals surface area (Å²) >= 11 is 0. The van der Waals surface area contributed by atoms with E-state index in [9.17, 15) is 8.42 Å². The topological polar surface area (TPSA) is 210 Å². The van der Waals surface area contributed by atoms with Crippen LogP contribution in [0, 0.1) is 46.3 Å². The van der Waals surface area contributed by atoms with E-state index in [1.807, 2.05) is 27.9 Å². The second-order valence-electron chi connectivity index (χ2n) is 27.5. The van der Waals surface area contributed by atoms with E-state index in [4.69, 9.17) is 90.0 Å². The lowest BCUT2D eigenvalue weighted by molar-refractivity contribution is -0.104. The normalized spacial score (nSPS) is 27.8. The Labute approximate surface area is 562 Å². The predicted octanol–water partition coefficient (Wildman–Crippen LogP) is 10.5. The van der Waals surface area contributed by atoms with Gasteiger partial charge in [-0.25, -0.2) is 8.42 Å². The minimum Gasteiger partial charge on any atom is -0.384 e. The molecule has 0 radical (unpaired) electrons. The number of methoxy groups -OCH3 is 11. The van der Waals surface area contributed by atoms with E-state index in [1.165, 1.54) is 70.6 Å². The SMILES string of the molecule is CCOCC(C)OC.COC1CCCC2CC(C)(C)OC21.COCC(C)OC.COCC1CCCCO1.COCC1CCCOC1.COCC1CCOCC1.COCC1CCS(=O)(=O)C1.COCC1COC1.COCC1COCC1(C)C.COCC1OCCC1(C)C. The molecule has 8 heterocycles. The quantitative estimate of drug-likeness (QED) is 0.0987. The first-order valence-corrected chi connectivity index (χ1v) is 36.3. The Balaban J connectivity index is 0.00000101. The van der Waals surface area contributed by atoms with Gasteiger partial charge in [0, 0.05) is 142 Å². The lowest BCUT2D eigenvalue weighted by atomic mass is 9.82. The molecule has 0 aromatic rings. The highest BCUT2D eigenvalue weighted by molar-refractivity contribution is 7.91. The molecule has 9 fully saturated rings. The van der Waals surface area contributed by atoms with Crippen molar-refractivity contribution in [3.63, 3.8) is 0 Å². The number of sulfone groups is 1. The Morgan fingerprint density at radius 3 is 1.53 bits per heavy atom. The average Bonchev–Trinajstić information content (AvgIpc) is 1.68. The van der Waals surface area contributed by atoms with Crippen molar-refractivity contribution in [1.82, 2.24) is 0 Å². The van der Waals surface area contributed by atoms with Crippen molar-refractivity contribution in [2.24, 2.45) is 46.3 Å². The lowest BCUT2D eigenvalue weighted by Crippen LogP contribution is -2.37. The summed E-state index contributed by atoms with van der Waals surface area (Å²) in [5.74, 6) is 4.33. The maximum absolute atomic E-state index is 10.9. The van der Waals surface area contributed by atoms with E-state index in [1.54, 1.807) is 71.1 Å². The Morgan fingerprint density at radius 1 is 0.489 bits per heavy atom. The van der Waals surface area contributed by atoms with Crippen molar-refractivity contribution in [2.45, 2.75) is 188 Å². The maximum atomic E-state index is 10.9. The van der Waals surface area contributed by atoms with E-state index in [2.05, 4.69) is 41.5 Å². The molecule has 22 heteroatoms. The van der Waals surface area contributed by atoms with E-state index < -0.39 is 9.84 Å². The fraction of sp³-hybridized carbons (Fsp3) is 1.00. The lowest BCUT2D eigenvalue weighted by Gasteiger charge is -2.31. The van der Waals surface area contributed by atoms with Crippen molar-refractivity contribution in [1.29, 1.82) is 0 Å². The van der Waals surface area contributed by atoms with Gasteiger partial charge in [-0.3, -0.25) is 0 Å². The molecule has 0 aromatic carbocycles. The van der Waals surface area contributed by atoms with Crippen LogP contribution in [0.3, 0.4) is 0 Å². The van der Waals surface area contributed by atoms with Crippen LogP contribution in [-0.2, 0) is 99.8 Å². The van der Waals surface area contributed by atoms with E-state index in [0.717, 1.165) is 137 Å². The van der Waals surface area contributed by atoms with Crippen molar-refractivity contribution >= 4 is 9.84 Å². The van der Waals surface area contributed by atoms with Crippen molar-refractivity contribution < 1.29 is 98.4 Å². The first kappa shape index (κ1) is 91.2. The summed E-state index contributed by atoms with van der Waals surface area (Å²) in [4.78, 5) is 0. The summed E-state index contributed by atoms with van der Waals surface area (Å²) in [5, 5.41) is 0. The van der Waals surface area contributed by atoms with Gasteiger partial charge >= 0.3 is 0 Å². The number of ether oxygens (including phenoxy) is 19. The van der Waals surface area contributed by atoms with Crippen molar-refractivity contribution in [3.8, 4) is 0 Å². The molecule has 0 aromatic heterocycles. The zero-order valence-corrected chi connectivity index (χ0v) is 63.0. The monoisotopic (exact) mass is 1350 g/mol. The number of hydrogen-bond donors (Lipinski definition) is 0. The van der Waals surface area contributed by atoms with Gasteiger partial charge in [-0.1, -0.05) is 34.1 Å². The molecule has 8 saturated heterocycles. The molecule has 0 N–H and O–H groups in total. The van der Waals surface area contributed by atoms with Crippen LogP contribution in [0.1, 0.15) is 146 Å². The van der Waals surface area contributed by atoms with E-state index in [-0.39, 0.29) is 23.7 Å². The molecule has 9 rings (SSSR count). The van der Waals surface area contributed by atoms with Gasteiger partial charge in [0.2, 0.25) is 0 Å². The van der Waals surface area contributed by atoms with Crippen LogP contribution >= 0.6 is 0 Å². The summed E-state index contributed by atoms with van der Waals surface area (Å²) in [7, 11) is 16.1. The highest BCUT2D eigenvalue weighted by Crippen LogP contribution is 2.43. The van der Waals surface area contributed by atoms with Crippen LogP contribution in [0.5, 0.6) is 0 Å². The third kappa shape index (κ3) is 45.0. The molecule has 10 unspecified atom stereocenters. The highest BCUT2D eigenvalue weighted by atomic mass is 32.2. The molecule has 9 aliphatic rings. The molecule has 10 atom stereocenters. The van der Waals surface area contributed by atoms with Crippen LogP contribution in [0.2, 0.25) is 0 Å². The third-order valence-corrected chi connectivity index (χ3v) is 19.4. The third-order valence-electron chi connectivity index (χ3n) is 17.6. The van der Waals surface area contributed by atoms with E-state index >= 15 is 0 Å². The van der Waals surface area contributed by atoms with Gasteiger partial charge in [-0.2, -0.15) is 0 Å². The highest BCUT2D eigenvalue weighted by Gasteiger charge is 2.46. The maximum Gasteiger partial charge on any atom is 0.150 e. The Morgan fingerprint density at radius 2 is 1.09 bits per heavy atom. The minimum atomic E-state index is -2.70. The molecular weight excluding hydrogens is 1210 g/mol. The molecule has 92 heavy (non-hydrogen) atoms. The van der Waals surface area contributed by atoms with Crippen LogP contribution in [0.25, 0.3) is 0 Å². The molecule has 21 nitrogen and oxygen atoms in total. The molecule has 0 spiro atoms.